The highest BCUT2D eigenvalue weighted by atomic mass is 15.3. The fourth-order valence-electron chi connectivity index (χ4n) is 2.48. The summed E-state index contributed by atoms with van der Waals surface area (Å²) >= 11 is 0. The second-order valence-corrected chi connectivity index (χ2v) is 5.68. The van der Waals surface area contributed by atoms with E-state index in [1.165, 1.54) is 19.5 Å². The predicted octanol–water partition coefficient (Wildman–Crippen LogP) is 1.49. The highest BCUT2D eigenvalue weighted by molar-refractivity contribution is 5.10. The van der Waals surface area contributed by atoms with E-state index < -0.39 is 0 Å². The normalized spacial score (nSPS) is 23.5. The molecular formula is C13H24N4. The van der Waals surface area contributed by atoms with E-state index >= 15 is 0 Å². The molecule has 1 aromatic rings. The molecule has 2 atom stereocenters. The molecule has 1 fully saturated rings. The van der Waals surface area contributed by atoms with Crippen molar-refractivity contribution in [2.75, 3.05) is 20.1 Å². The van der Waals surface area contributed by atoms with Crippen LogP contribution in [-0.2, 0) is 6.54 Å². The third-order valence-corrected chi connectivity index (χ3v) is 3.69. The second-order valence-electron chi connectivity index (χ2n) is 5.68. The first-order valence-corrected chi connectivity index (χ1v) is 6.52. The van der Waals surface area contributed by atoms with Crippen LogP contribution in [0.15, 0.2) is 12.4 Å². The van der Waals surface area contributed by atoms with Gasteiger partial charge in [-0.3, -0.25) is 4.68 Å². The number of nitrogens with zero attached hydrogens (tertiary/aromatic N) is 3. The molecule has 0 unspecified atom stereocenters. The summed E-state index contributed by atoms with van der Waals surface area (Å²) < 4.78 is 2.06. The molecule has 2 heterocycles. The van der Waals surface area contributed by atoms with Gasteiger partial charge in [-0.1, -0.05) is 13.8 Å². The average Bonchev–Trinajstić information content (AvgIpc) is 2.87. The largest absolute Gasteiger partial charge is 0.324 e. The quantitative estimate of drug-likeness (QED) is 0.861. The van der Waals surface area contributed by atoms with Gasteiger partial charge in [0.1, 0.15) is 0 Å². The summed E-state index contributed by atoms with van der Waals surface area (Å²) in [7, 11) is 2.18. The molecule has 4 heteroatoms. The third-order valence-electron chi connectivity index (χ3n) is 3.69. The summed E-state index contributed by atoms with van der Waals surface area (Å²) in [6, 6.07) is 0.106. The van der Waals surface area contributed by atoms with Crippen molar-refractivity contribution >= 4 is 0 Å². The van der Waals surface area contributed by atoms with Crippen molar-refractivity contribution in [1.29, 1.82) is 0 Å². The molecule has 17 heavy (non-hydrogen) atoms. The van der Waals surface area contributed by atoms with Crippen LogP contribution in [0.5, 0.6) is 0 Å². The van der Waals surface area contributed by atoms with Gasteiger partial charge in [-0.05, 0) is 31.8 Å². The molecule has 1 aliphatic rings. The number of nitrogens with two attached hydrogens (primary N) is 1. The molecule has 1 aromatic heterocycles. The minimum atomic E-state index is 0.106. The summed E-state index contributed by atoms with van der Waals surface area (Å²) in [6.45, 7) is 7.72. The Hall–Kier alpha value is -0.870. The van der Waals surface area contributed by atoms with Crippen LogP contribution in [0, 0.1) is 11.8 Å². The predicted molar refractivity (Wildman–Crippen MR) is 69.6 cm³/mol. The van der Waals surface area contributed by atoms with Crippen molar-refractivity contribution in [1.82, 2.24) is 14.7 Å². The Kier molecular flexibility index (Phi) is 3.84. The Morgan fingerprint density at radius 2 is 2.29 bits per heavy atom. The molecule has 4 nitrogen and oxygen atoms in total. The monoisotopic (exact) mass is 236 g/mol. The van der Waals surface area contributed by atoms with E-state index in [9.17, 15) is 0 Å². The lowest BCUT2D eigenvalue weighted by molar-refractivity contribution is 0.370. The molecule has 0 saturated carbocycles. The zero-order valence-corrected chi connectivity index (χ0v) is 11.1. The van der Waals surface area contributed by atoms with Crippen molar-refractivity contribution in [2.24, 2.45) is 17.6 Å². The maximum atomic E-state index is 6.12. The summed E-state index contributed by atoms with van der Waals surface area (Å²) in [5.41, 5.74) is 7.28. The van der Waals surface area contributed by atoms with Crippen LogP contribution in [0.1, 0.15) is 31.9 Å². The van der Waals surface area contributed by atoms with E-state index in [4.69, 9.17) is 5.73 Å². The maximum absolute atomic E-state index is 6.12. The van der Waals surface area contributed by atoms with E-state index in [1.807, 2.05) is 6.20 Å². The second kappa shape index (κ2) is 5.19. The number of likely N-dealkylation sites (tertiary alicyclic amines) is 1. The minimum Gasteiger partial charge on any atom is -0.324 e. The lowest BCUT2D eigenvalue weighted by atomic mass is 10.0. The smallest absolute Gasteiger partial charge is 0.0537 e. The van der Waals surface area contributed by atoms with Crippen molar-refractivity contribution in [3.63, 3.8) is 0 Å². The van der Waals surface area contributed by atoms with Gasteiger partial charge in [-0.25, -0.2) is 0 Å². The molecule has 2 N–H and O–H groups in total. The minimum absolute atomic E-state index is 0.106. The fraction of sp³-hybridized carbons (Fsp3) is 0.769. The van der Waals surface area contributed by atoms with E-state index in [1.54, 1.807) is 0 Å². The zero-order valence-electron chi connectivity index (χ0n) is 11.1. The average molecular weight is 236 g/mol. The molecule has 0 spiro atoms. The maximum Gasteiger partial charge on any atom is 0.0537 e. The number of aromatic nitrogens is 2. The van der Waals surface area contributed by atoms with Crippen molar-refractivity contribution < 1.29 is 0 Å². The van der Waals surface area contributed by atoms with Gasteiger partial charge in [-0.2, -0.15) is 5.10 Å². The van der Waals surface area contributed by atoms with E-state index in [0.29, 0.717) is 5.92 Å². The van der Waals surface area contributed by atoms with Crippen LogP contribution >= 0.6 is 0 Å². The lowest BCUT2D eigenvalue weighted by Crippen LogP contribution is -2.18. The van der Waals surface area contributed by atoms with Gasteiger partial charge in [0, 0.05) is 30.9 Å². The number of rotatable bonds is 4. The third kappa shape index (κ3) is 3.07. The summed E-state index contributed by atoms with van der Waals surface area (Å²) in [5, 5.41) is 4.43. The highest BCUT2D eigenvalue weighted by Crippen LogP contribution is 2.20. The molecule has 0 amide bonds. The van der Waals surface area contributed by atoms with Crippen LogP contribution in [0.25, 0.3) is 0 Å². The molecule has 96 valence electrons. The van der Waals surface area contributed by atoms with Crippen LogP contribution in [-0.4, -0.2) is 34.8 Å². The Labute approximate surface area is 104 Å². The highest BCUT2D eigenvalue weighted by Gasteiger charge is 2.20. The number of hydrogen-bond donors (Lipinski definition) is 1. The molecule has 0 bridgehead atoms. The first kappa shape index (κ1) is 12.6. The SMILES string of the molecule is CC(C)[C@H](N)c1cnn(C[C@@H]2CCN(C)C2)c1. The topological polar surface area (TPSA) is 47.1 Å². The molecule has 1 aliphatic heterocycles. The van der Waals surface area contributed by atoms with Gasteiger partial charge in [0.05, 0.1) is 6.20 Å². The molecule has 2 rings (SSSR count). The number of hydrogen-bond acceptors (Lipinski definition) is 3. The molecule has 0 aliphatic carbocycles. The van der Waals surface area contributed by atoms with Crippen LogP contribution in [0.2, 0.25) is 0 Å². The van der Waals surface area contributed by atoms with Crippen molar-refractivity contribution in [2.45, 2.75) is 32.9 Å². The van der Waals surface area contributed by atoms with Gasteiger partial charge in [-0.15, -0.1) is 0 Å². The zero-order chi connectivity index (χ0) is 12.4. The fourth-order valence-corrected chi connectivity index (χ4v) is 2.48. The van der Waals surface area contributed by atoms with E-state index in [-0.39, 0.29) is 6.04 Å². The van der Waals surface area contributed by atoms with Crippen LogP contribution in [0.3, 0.4) is 0 Å². The summed E-state index contributed by atoms with van der Waals surface area (Å²) in [5.74, 6) is 1.20. The van der Waals surface area contributed by atoms with Crippen LogP contribution < -0.4 is 5.73 Å². The standard InChI is InChI=1S/C13H24N4/c1-10(2)13(14)12-6-15-17(9-12)8-11-4-5-16(3)7-11/h6,9-11,13H,4-5,7-8,14H2,1-3H3/t11-,13+/m1/s1. The van der Waals surface area contributed by atoms with Crippen molar-refractivity contribution in [3.8, 4) is 0 Å². The molecule has 1 saturated heterocycles. The first-order chi connectivity index (χ1) is 8.06. The van der Waals surface area contributed by atoms with E-state index in [0.717, 1.165) is 18.0 Å². The first-order valence-electron chi connectivity index (χ1n) is 6.52. The van der Waals surface area contributed by atoms with E-state index in [2.05, 4.69) is 41.8 Å². The molecule has 0 radical (unpaired) electrons. The van der Waals surface area contributed by atoms with Gasteiger partial charge >= 0.3 is 0 Å². The summed E-state index contributed by atoms with van der Waals surface area (Å²) in [4.78, 5) is 2.38. The molecule has 0 aromatic carbocycles. The van der Waals surface area contributed by atoms with Crippen LogP contribution in [0.4, 0.5) is 0 Å². The van der Waals surface area contributed by atoms with Gasteiger partial charge in [0.25, 0.3) is 0 Å². The van der Waals surface area contributed by atoms with Gasteiger partial charge in [0.2, 0.25) is 0 Å². The van der Waals surface area contributed by atoms with Crippen molar-refractivity contribution in [3.05, 3.63) is 18.0 Å². The molecular weight excluding hydrogens is 212 g/mol. The Morgan fingerprint density at radius 1 is 1.53 bits per heavy atom. The Bertz CT molecular complexity index is 358. The lowest BCUT2D eigenvalue weighted by Gasteiger charge is -2.13. The van der Waals surface area contributed by atoms with Gasteiger partial charge in [0.15, 0.2) is 0 Å². The Balaban J connectivity index is 1.94. The summed E-state index contributed by atoms with van der Waals surface area (Å²) in [6.07, 6.45) is 5.31. The van der Waals surface area contributed by atoms with Gasteiger partial charge < -0.3 is 10.6 Å². The Morgan fingerprint density at radius 3 is 2.88 bits per heavy atom.